The third-order valence-electron chi connectivity index (χ3n) is 6.54. The smallest absolute Gasteiger partial charge is 0.460 e. The number of fused-ring (bicyclic) bond motifs is 1. The van der Waals surface area contributed by atoms with E-state index >= 15 is 0 Å². The van der Waals surface area contributed by atoms with Crippen LogP contribution in [0.4, 0.5) is 57.1 Å². The van der Waals surface area contributed by atoms with Gasteiger partial charge in [0.25, 0.3) is 0 Å². The van der Waals surface area contributed by atoms with Gasteiger partial charge in [-0.1, -0.05) is 46.8 Å². The first-order valence-corrected chi connectivity index (χ1v) is 11.4. The van der Waals surface area contributed by atoms with Gasteiger partial charge in [0.1, 0.15) is 0 Å². The van der Waals surface area contributed by atoms with E-state index in [1.807, 2.05) is 40.7 Å². The first-order chi connectivity index (χ1) is 17.1. The number of carbonyl (C=O) groups is 1. The number of hydrogen-bond acceptors (Lipinski definition) is 2. The number of benzene rings is 1. The Bertz CT molecular complexity index is 1100. The molecule has 0 saturated heterocycles. The summed E-state index contributed by atoms with van der Waals surface area (Å²) < 4.78 is 175. The van der Waals surface area contributed by atoms with Gasteiger partial charge in [-0.15, -0.1) is 0 Å². The number of esters is 1. The fourth-order valence-corrected chi connectivity index (χ4v) is 4.02. The highest BCUT2D eigenvalue weighted by Gasteiger charge is 2.90. The van der Waals surface area contributed by atoms with Crippen molar-refractivity contribution in [2.45, 2.75) is 101 Å². The summed E-state index contributed by atoms with van der Waals surface area (Å²) in [6, 6.07) is 3.61. The van der Waals surface area contributed by atoms with Gasteiger partial charge in [-0.3, -0.25) is 4.79 Å². The van der Waals surface area contributed by atoms with E-state index in [4.69, 9.17) is 0 Å². The third kappa shape index (κ3) is 5.42. The van der Waals surface area contributed by atoms with Crippen LogP contribution >= 0.6 is 0 Å². The van der Waals surface area contributed by atoms with Gasteiger partial charge in [0.05, 0.1) is 13.0 Å². The van der Waals surface area contributed by atoms with Gasteiger partial charge < -0.3 is 4.74 Å². The molecule has 15 heteroatoms. The van der Waals surface area contributed by atoms with Crippen molar-refractivity contribution in [3.63, 3.8) is 0 Å². The summed E-state index contributed by atoms with van der Waals surface area (Å²) in [6.07, 6.45) is -10.5. The van der Waals surface area contributed by atoms with Gasteiger partial charge in [0, 0.05) is 11.8 Å². The molecule has 0 atom stereocenters. The molecule has 0 heterocycles. The summed E-state index contributed by atoms with van der Waals surface area (Å²) in [5, 5.41) is 0. The quantitative estimate of drug-likeness (QED) is 0.202. The van der Waals surface area contributed by atoms with E-state index in [0.29, 0.717) is 5.56 Å². The van der Waals surface area contributed by atoms with Crippen LogP contribution in [0.15, 0.2) is 12.1 Å². The molecule has 1 aliphatic rings. The first kappa shape index (κ1) is 33.0. The van der Waals surface area contributed by atoms with Gasteiger partial charge in [0.15, 0.2) is 0 Å². The summed E-state index contributed by atoms with van der Waals surface area (Å²) >= 11 is 0. The number of alkyl halides is 13. The van der Waals surface area contributed by atoms with Gasteiger partial charge in [-0.2, -0.15) is 57.1 Å². The van der Waals surface area contributed by atoms with Gasteiger partial charge in [-0.25, -0.2) is 0 Å². The van der Waals surface area contributed by atoms with Crippen molar-refractivity contribution in [2.24, 2.45) is 0 Å². The molecule has 0 spiro atoms. The summed E-state index contributed by atoms with van der Waals surface area (Å²) in [7, 11) is 0. The summed E-state index contributed by atoms with van der Waals surface area (Å²) in [4.78, 5) is 11.9. The highest BCUT2D eigenvalue weighted by Crippen LogP contribution is 2.60. The molecule has 0 aliphatic heterocycles. The molecule has 0 aromatic heterocycles. The van der Waals surface area contributed by atoms with E-state index < -0.39 is 61.2 Å². The van der Waals surface area contributed by atoms with Crippen molar-refractivity contribution in [2.75, 3.05) is 6.61 Å². The maximum absolute atomic E-state index is 13.8. The topological polar surface area (TPSA) is 26.3 Å². The van der Waals surface area contributed by atoms with Crippen LogP contribution in [0.2, 0.25) is 0 Å². The molecular formula is C24H25F13O2. The SMILES string of the molecule is CC(C)(C)c1cc(CCC(=O)OCCC(F)(F)C(F)(F)C(F)(F)C(F)(F)C(F)(F)C(F)(F)F)cc2c1C2(C)C. The Balaban J connectivity index is 2.07. The molecule has 224 valence electrons. The molecule has 39 heavy (non-hydrogen) atoms. The number of rotatable bonds is 10. The molecular weight excluding hydrogens is 567 g/mol. The fourth-order valence-electron chi connectivity index (χ4n) is 4.02. The average molecular weight is 592 g/mol. The molecule has 0 radical (unpaired) electrons. The Hall–Kier alpha value is -2.22. The molecule has 0 fully saturated rings. The third-order valence-corrected chi connectivity index (χ3v) is 6.54. The Morgan fingerprint density at radius 3 is 1.72 bits per heavy atom. The summed E-state index contributed by atoms with van der Waals surface area (Å²) in [5.74, 6) is -38.5. The number of hydrogen-bond donors (Lipinski definition) is 0. The number of ether oxygens (including phenoxy) is 1. The van der Waals surface area contributed by atoms with Crippen LogP contribution in [0.1, 0.15) is 69.7 Å². The number of carbonyl (C=O) groups excluding carboxylic acids is 1. The molecule has 0 N–H and O–H groups in total. The fraction of sp³-hybridized carbons (Fsp3) is 0.708. The second-order valence-corrected chi connectivity index (χ2v) is 10.9. The molecule has 1 aliphatic carbocycles. The maximum atomic E-state index is 13.8. The zero-order valence-electron chi connectivity index (χ0n) is 21.2. The van der Waals surface area contributed by atoms with Crippen molar-refractivity contribution in [3.8, 4) is 0 Å². The lowest BCUT2D eigenvalue weighted by Gasteiger charge is -2.39. The predicted molar refractivity (Wildman–Crippen MR) is 112 cm³/mol. The monoisotopic (exact) mass is 592 g/mol. The van der Waals surface area contributed by atoms with E-state index in [9.17, 15) is 61.9 Å². The van der Waals surface area contributed by atoms with E-state index in [2.05, 4.69) is 4.74 Å². The van der Waals surface area contributed by atoms with Crippen molar-refractivity contribution >= 4 is 5.97 Å². The second-order valence-electron chi connectivity index (χ2n) is 10.9. The Kier molecular flexibility index (Phi) is 7.97. The van der Waals surface area contributed by atoms with E-state index in [0.717, 1.165) is 16.7 Å². The van der Waals surface area contributed by atoms with Gasteiger partial charge >= 0.3 is 41.8 Å². The molecule has 0 bridgehead atoms. The second kappa shape index (κ2) is 9.42. The minimum atomic E-state index is -7.96. The lowest BCUT2D eigenvalue weighted by atomic mass is 9.84. The minimum Gasteiger partial charge on any atom is -0.465 e. The minimum absolute atomic E-state index is 0.00531. The van der Waals surface area contributed by atoms with Crippen LogP contribution < -0.4 is 0 Å². The largest absolute Gasteiger partial charge is 0.465 e. The number of aryl methyl sites for hydroxylation is 1. The summed E-state index contributed by atoms with van der Waals surface area (Å²) in [5.41, 5.74) is 3.29. The molecule has 2 nitrogen and oxygen atoms in total. The normalized spacial score (nSPS) is 16.7. The lowest BCUT2D eigenvalue weighted by molar-refractivity contribution is -0.440. The van der Waals surface area contributed by atoms with Crippen LogP contribution in [-0.4, -0.2) is 48.4 Å². The average Bonchev–Trinajstić information content (AvgIpc) is 3.30. The van der Waals surface area contributed by atoms with E-state index in [1.54, 1.807) is 6.07 Å². The van der Waals surface area contributed by atoms with Crippen LogP contribution in [0, 0.1) is 0 Å². The van der Waals surface area contributed by atoms with Crippen LogP contribution in [0.3, 0.4) is 0 Å². The van der Waals surface area contributed by atoms with Crippen LogP contribution in [0.5, 0.6) is 0 Å². The summed E-state index contributed by atoms with van der Waals surface area (Å²) in [6.45, 7) is 8.07. The van der Waals surface area contributed by atoms with Crippen molar-refractivity contribution in [1.29, 1.82) is 0 Å². The highest BCUT2D eigenvalue weighted by molar-refractivity contribution is 5.70. The van der Waals surface area contributed by atoms with E-state index in [-0.39, 0.29) is 17.3 Å². The molecule has 2 rings (SSSR count). The predicted octanol–water partition coefficient (Wildman–Crippen LogP) is 8.23. The van der Waals surface area contributed by atoms with E-state index in [1.165, 1.54) is 0 Å². The van der Waals surface area contributed by atoms with Crippen molar-refractivity contribution < 1.29 is 66.6 Å². The van der Waals surface area contributed by atoms with Crippen LogP contribution in [-0.2, 0) is 26.8 Å². The zero-order valence-corrected chi connectivity index (χ0v) is 21.2. The van der Waals surface area contributed by atoms with Crippen molar-refractivity contribution in [3.05, 3.63) is 34.4 Å². The Labute approximate surface area is 214 Å². The first-order valence-electron chi connectivity index (χ1n) is 11.4. The van der Waals surface area contributed by atoms with Crippen molar-refractivity contribution in [1.82, 2.24) is 0 Å². The highest BCUT2D eigenvalue weighted by atomic mass is 19.4. The molecule has 0 saturated carbocycles. The van der Waals surface area contributed by atoms with Crippen LogP contribution in [0.25, 0.3) is 0 Å². The maximum Gasteiger partial charge on any atom is 0.460 e. The molecule has 0 amide bonds. The van der Waals surface area contributed by atoms with Gasteiger partial charge in [-0.05, 0) is 34.1 Å². The lowest BCUT2D eigenvalue weighted by Crippen LogP contribution is -2.70. The van der Waals surface area contributed by atoms with Gasteiger partial charge in [0.2, 0.25) is 0 Å². The Morgan fingerprint density at radius 1 is 0.769 bits per heavy atom. The molecule has 1 aromatic rings. The Morgan fingerprint density at radius 2 is 1.26 bits per heavy atom. The standard InChI is InChI=1S/C24H25F13O2/c1-17(2,3)13-10-12(11-14-16(13)18(14,4)5)6-7-15(38)39-9-8-19(25,26)20(27,28)21(29,30)22(31,32)23(33,34)24(35,36)37/h10-11H,6-9H2,1-5H3. The molecule has 0 unspecified atom stereocenters. The zero-order chi connectivity index (χ0) is 30.8. The molecule has 1 aromatic carbocycles. The number of halogens is 13.